The Morgan fingerprint density at radius 1 is 1.07 bits per heavy atom. The molecule has 0 aliphatic carbocycles. The smallest absolute Gasteiger partial charge is 0.255 e. The van der Waals surface area contributed by atoms with E-state index in [1.54, 1.807) is 16.8 Å². The average Bonchev–Trinajstić information content (AvgIpc) is 2.73. The third kappa shape index (κ3) is 4.06. The summed E-state index contributed by atoms with van der Waals surface area (Å²) in [5.41, 5.74) is 1.73. The van der Waals surface area contributed by atoms with Gasteiger partial charge in [-0.15, -0.1) is 0 Å². The lowest BCUT2D eigenvalue weighted by Crippen LogP contribution is -2.37. The van der Waals surface area contributed by atoms with Crippen molar-refractivity contribution >= 4 is 17.7 Å². The first-order chi connectivity index (χ1) is 14.3. The lowest BCUT2D eigenvalue weighted by Gasteiger charge is -2.31. The Morgan fingerprint density at radius 2 is 1.83 bits per heavy atom. The highest BCUT2D eigenvalue weighted by Gasteiger charge is 2.26. The zero-order valence-electron chi connectivity index (χ0n) is 18.0. The normalized spacial score (nSPS) is 14.9. The van der Waals surface area contributed by atoms with Crippen molar-refractivity contribution in [2.45, 2.75) is 52.1 Å². The van der Waals surface area contributed by atoms with E-state index >= 15 is 0 Å². The average molecular weight is 405 g/mol. The van der Waals surface area contributed by atoms with Gasteiger partial charge in [0.05, 0.1) is 11.7 Å². The molecule has 1 aliphatic rings. The fraction of sp³-hybridized carbons (Fsp3) is 0.391. The number of anilines is 3. The molecule has 0 unspecified atom stereocenters. The van der Waals surface area contributed by atoms with Crippen molar-refractivity contribution < 1.29 is 0 Å². The van der Waals surface area contributed by atoms with E-state index < -0.39 is 0 Å². The Bertz CT molecular complexity index is 1090. The van der Waals surface area contributed by atoms with Crippen LogP contribution in [0.1, 0.15) is 51.4 Å². The quantitative estimate of drug-likeness (QED) is 0.707. The van der Waals surface area contributed by atoms with Crippen molar-refractivity contribution in [2.24, 2.45) is 0 Å². The van der Waals surface area contributed by atoms with Crippen molar-refractivity contribution in [3.05, 3.63) is 70.3 Å². The number of aromatic nitrogens is 4. The molecule has 0 saturated carbocycles. The van der Waals surface area contributed by atoms with Crippen LogP contribution in [-0.4, -0.2) is 26.1 Å². The van der Waals surface area contributed by atoms with E-state index in [0.29, 0.717) is 18.4 Å². The Morgan fingerprint density at radius 3 is 2.57 bits per heavy atom. The summed E-state index contributed by atoms with van der Waals surface area (Å²) >= 11 is 0. The first-order valence-corrected chi connectivity index (χ1v) is 10.4. The van der Waals surface area contributed by atoms with Gasteiger partial charge in [-0.25, -0.2) is 9.97 Å². The molecule has 0 amide bonds. The summed E-state index contributed by atoms with van der Waals surface area (Å²) in [6, 6.07) is 13.8. The van der Waals surface area contributed by atoms with Crippen LogP contribution in [0, 0.1) is 0 Å². The molecule has 2 aromatic heterocycles. The van der Waals surface area contributed by atoms with Gasteiger partial charge in [0, 0.05) is 30.8 Å². The van der Waals surface area contributed by atoms with Gasteiger partial charge in [-0.2, -0.15) is 4.98 Å². The van der Waals surface area contributed by atoms with Gasteiger partial charge in [0.2, 0.25) is 11.9 Å². The fourth-order valence-corrected chi connectivity index (χ4v) is 3.59. The van der Waals surface area contributed by atoms with Crippen LogP contribution in [0.25, 0.3) is 0 Å². The Labute approximate surface area is 176 Å². The molecule has 1 aliphatic heterocycles. The van der Waals surface area contributed by atoms with Crippen LogP contribution < -0.4 is 15.8 Å². The predicted molar refractivity (Wildman–Crippen MR) is 119 cm³/mol. The molecule has 30 heavy (non-hydrogen) atoms. The second kappa shape index (κ2) is 7.89. The monoisotopic (exact) mass is 404 g/mol. The van der Waals surface area contributed by atoms with Crippen molar-refractivity contribution in [3.8, 4) is 0 Å². The molecule has 0 bridgehead atoms. The maximum absolute atomic E-state index is 12.7. The minimum atomic E-state index is -0.207. The molecule has 156 valence electrons. The standard InChI is InChI=1S/C23H28N6O/c1-16(17-9-6-5-7-10-17)25-21-24-12-11-19(27-21)28-13-8-14-29-20(30)15-18(23(2,3)4)26-22(28)29/h5-7,9-12,15-16H,8,13-14H2,1-4H3,(H,24,25,27)/t16-/m0/s1. The van der Waals surface area contributed by atoms with E-state index in [2.05, 4.69) is 50.1 Å². The van der Waals surface area contributed by atoms with Crippen molar-refractivity contribution in [1.82, 2.24) is 19.5 Å². The van der Waals surface area contributed by atoms with Gasteiger partial charge in [0.1, 0.15) is 5.82 Å². The highest BCUT2D eigenvalue weighted by atomic mass is 16.1. The molecular weight excluding hydrogens is 376 g/mol. The maximum atomic E-state index is 12.7. The highest BCUT2D eigenvalue weighted by Crippen LogP contribution is 2.28. The summed E-state index contributed by atoms with van der Waals surface area (Å²) in [4.78, 5) is 28.7. The lowest BCUT2D eigenvalue weighted by molar-refractivity contribution is 0.524. The largest absolute Gasteiger partial charge is 0.348 e. The van der Waals surface area contributed by atoms with E-state index in [-0.39, 0.29) is 17.0 Å². The van der Waals surface area contributed by atoms with E-state index in [0.717, 1.165) is 30.0 Å². The Kier molecular flexibility index (Phi) is 5.28. The summed E-state index contributed by atoms with van der Waals surface area (Å²) in [6.07, 6.45) is 2.60. The molecule has 1 aromatic carbocycles. The first-order valence-electron chi connectivity index (χ1n) is 10.4. The van der Waals surface area contributed by atoms with Crippen LogP contribution in [0.15, 0.2) is 53.5 Å². The number of nitrogens with zero attached hydrogens (tertiary/aromatic N) is 5. The summed E-state index contributed by atoms with van der Waals surface area (Å²) in [5, 5.41) is 3.37. The maximum Gasteiger partial charge on any atom is 0.255 e. The van der Waals surface area contributed by atoms with Crippen molar-refractivity contribution in [1.29, 1.82) is 0 Å². The number of fused-ring (bicyclic) bond motifs is 1. The second-order valence-corrected chi connectivity index (χ2v) is 8.70. The Hall–Kier alpha value is -3.22. The molecule has 0 spiro atoms. The highest BCUT2D eigenvalue weighted by molar-refractivity contribution is 5.55. The minimum absolute atomic E-state index is 0.0141. The summed E-state index contributed by atoms with van der Waals surface area (Å²) in [7, 11) is 0. The van der Waals surface area contributed by atoms with Gasteiger partial charge in [-0.3, -0.25) is 14.3 Å². The van der Waals surface area contributed by atoms with Crippen LogP contribution in [0.5, 0.6) is 0 Å². The van der Waals surface area contributed by atoms with Gasteiger partial charge >= 0.3 is 0 Å². The molecule has 0 saturated heterocycles. The van der Waals surface area contributed by atoms with Crippen molar-refractivity contribution in [3.63, 3.8) is 0 Å². The number of nitrogens with one attached hydrogen (secondary N) is 1. The number of rotatable bonds is 4. The van der Waals surface area contributed by atoms with Crippen LogP contribution in [0.2, 0.25) is 0 Å². The third-order valence-electron chi connectivity index (χ3n) is 5.32. The van der Waals surface area contributed by atoms with E-state index in [4.69, 9.17) is 9.97 Å². The first kappa shape index (κ1) is 20.1. The fourth-order valence-electron chi connectivity index (χ4n) is 3.59. The molecule has 0 fully saturated rings. The van der Waals surface area contributed by atoms with Crippen molar-refractivity contribution in [2.75, 3.05) is 16.8 Å². The predicted octanol–water partition coefficient (Wildman–Crippen LogP) is 4.05. The summed E-state index contributed by atoms with van der Waals surface area (Å²) < 4.78 is 1.74. The van der Waals surface area contributed by atoms with E-state index in [1.807, 2.05) is 29.2 Å². The third-order valence-corrected chi connectivity index (χ3v) is 5.32. The van der Waals surface area contributed by atoms with Crippen LogP contribution in [0.4, 0.5) is 17.7 Å². The molecule has 7 heteroatoms. The molecule has 7 nitrogen and oxygen atoms in total. The molecule has 4 rings (SSSR count). The van der Waals surface area contributed by atoms with Crippen LogP contribution in [0.3, 0.4) is 0 Å². The minimum Gasteiger partial charge on any atom is -0.348 e. The number of benzene rings is 1. The van der Waals surface area contributed by atoms with Gasteiger partial charge in [-0.05, 0) is 25.0 Å². The second-order valence-electron chi connectivity index (χ2n) is 8.70. The summed E-state index contributed by atoms with van der Waals surface area (Å²) in [5.74, 6) is 1.94. The Balaban J connectivity index is 1.67. The lowest BCUT2D eigenvalue weighted by atomic mass is 9.92. The molecule has 1 atom stereocenters. The van der Waals surface area contributed by atoms with E-state index in [9.17, 15) is 4.79 Å². The van der Waals surface area contributed by atoms with Crippen LogP contribution in [-0.2, 0) is 12.0 Å². The molecule has 1 N–H and O–H groups in total. The van der Waals surface area contributed by atoms with Gasteiger partial charge < -0.3 is 5.32 Å². The van der Waals surface area contributed by atoms with E-state index in [1.165, 1.54) is 0 Å². The number of hydrogen-bond donors (Lipinski definition) is 1. The molecule has 0 radical (unpaired) electrons. The molecule has 3 heterocycles. The SMILES string of the molecule is C[C@H](Nc1nccc(N2CCCn3c2nc(C(C)(C)C)cc3=O)n1)c1ccccc1. The topological polar surface area (TPSA) is 75.9 Å². The van der Waals surface area contributed by atoms with Gasteiger partial charge in [0.25, 0.3) is 5.56 Å². The van der Waals surface area contributed by atoms with Crippen LogP contribution >= 0.6 is 0 Å². The van der Waals surface area contributed by atoms with Gasteiger partial charge in [0.15, 0.2) is 0 Å². The zero-order valence-corrected chi connectivity index (χ0v) is 18.0. The summed E-state index contributed by atoms with van der Waals surface area (Å²) in [6.45, 7) is 9.70. The number of hydrogen-bond acceptors (Lipinski definition) is 6. The zero-order chi connectivity index (χ0) is 21.3. The van der Waals surface area contributed by atoms with Gasteiger partial charge in [-0.1, -0.05) is 51.1 Å². The molecule has 3 aromatic rings. The molecular formula is C23H28N6O.